The van der Waals surface area contributed by atoms with E-state index in [9.17, 15) is 0 Å². The van der Waals surface area contributed by atoms with Crippen LogP contribution in [-0.4, -0.2) is 24.8 Å². The van der Waals surface area contributed by atoms with Crippen molar-refractivity contribution in [3.63, 3.8) is 0 Å². The first-order valence-electron chi connectivity index (χ1n) is 10.6. The van der Waals surface area contributed by atoms with Crippen LogP contribution in [0.15, 0.2) is 24.3 Å². The van der Waals surface area contributed by atoms with Crippen LogP contribution in [0.25, 0.3) is 0 Å². The van der Waals surface area contributed by atoms with Gasteiger partial charge in [-0.15, -0.1) is 0 Å². The lowest BCUT2D eigenvalue weighted by Crippen LogP contribution is -2.46. The Labute approximate surface area is 153 Å². The quantitative estimate of drug-likeness (QED) is 0.808. The van der Waals surface area contributed by atoms with Gasteiger partial charge >= 0.3 is 0 Å². The van der Waals surface area contributed by atoms with Crippen molar-refractivity contribution in [1.29, 1.82) is 0 Å². The van der Waals surface area contributed by atoms with Gasteiger partial charge in [0, 0.05) is 18.1 Å². The Bertz CT molecular complexity index is 554. The van der Waals surface area contributed by atoms with Gasteiger partial charge in [-0.1, -0.05) is 26.0 Å². The second-order valence-electron chi connectivity index (χ2n) is 8.85. The third-order valence-corrected chi connectivity index (χ3v) is 6.98. The van der Waals surface area contributed by atoms with Crippen molar-refractivity contribution >= 4 is 11.4 Å². The van der Waals surface area contributed by atoms with Gasteiger partial charge in [-0.25, -0.2) is 0 Å². The van der Waals surface area contributed by atoms with Crippen molar-refractivity contribution < 1.29 is 0 Å². The molecule has 0 radical (unpaired) electrons. The van der Waals surface area contributed by atoms with Gasteiger partial charge in [-0.3, -0.25) is 0 Å². The fourth-order valence-electron chi connectivity index (χ4n) is 5.29. The second kappa shape index (κ2) is 7.57. The van der Waals surface area contributed by atoms with Gasteiger partial charge in [0.1, 0.15) is 0 Å². The Balaban J connectivity index is 1.24. The van der Waals surface area contributed by atoms with Crippen LogP contribution in [0.5, 0.6) is 0 Å². The van der Waals surface area contributed by atoms with Gasteiger partial charge in [0.05, 0.1) is 18.0 Å². The topological polar surface area (TPSA) is 27.3 Å². The number of rotatable bonds is 4. The molecule has 2 saturated carbocycles. The van der Waals surface area contributed by atoms with Gasteiger partial charge in [0.25, 0.3) is 0 Å². The zero-order valence-corrected chi connectivity index (χ0v) is 16.0. The SMILES string of the molecule is CC(C)C1CCC(NC2CCC(N3CNc4ccccc43)CC2)CC1. The maximum atomic E-state index is 4.01. The molecule has 0 aromatic heterocycles. The summed E-state index contributed by atoms with van der Waals surface area (Å²) in [5, 5.41) is 7.56. The van der Waals surface area contributed by atoms with Crippen LogP contribution in [0.4, 0.5) is 11.4 Å². The highest BCUT2D eigenvalue weighted by molar-refractivity contribution is 5.74. The molecule has 1 heterocycles. The highest BCUT2D eigenvalue weighted by Crippen LogP contribution is 2.36. The Morgan fingerprint density at radius 2 is 1.56 bits per heavy atom. The summed E-state index contributed by atoms with van der Waals surface area (Å²) in [6.45, 7) is 5.78. The Morgan fingerprint density at radius 3 is 2.24 bits per heavy atom. The molecule has 2 fully saturated rings. The minimum atomic E-state index is 0.714. The van der Waals surface area contributed by atoms with Gasteiger partial charge in [0.2, 0.25) is 0 Å². The van der Waals surface area contributed by atoms with Crippen LogP contribution in [0.2, 0.25) is 0 Å². The molecule has 1 aromatic carbocycles. The Kier molecular flexibility index (Phi) is 5.21. The smallest absolute Gasteiger partial charge is 0.0880 e. The molecule has 0 bridgehead atoms. The minimum absolute atomic E-state index is 0.714. The summed E-state index contributed by atoms with van der Waals surface area (Å²) in [6.07, 6.45) is 11.0. The fourth-order valence-corrected chi connectivity index (χ4v) is 5.29. The molecule has 0 spiro atoms. The van der Waals surface area contributed by atoms with E-state index in [-0.39, 0.29) is 0 Å². The summed E-state index contributed by atoms with van der Waals surface area (Å²) < 4.78 is 0. The third kappa shape index (κ3) is 3.81. The molecule has 3 nitrogen and oxygen atoms in total. The first kappa shape index (κ1) is 17.2. The van der Waals surface area contributed by atoms with E-state index in [0.717, 1.165) is 30.6 Å². The lowest BCUT2D eigenvalue weighted by Gasteiger charge is -2.39. The lowest BCUT2D eigenvalue weighted by atomic mass is 9.79. The Morgan fingerprint density at radius 1 is 0.920 bits per heavy atom. The predicted octanol–water partition coefficient (Wildman–Crippen LogP) is 4.99. The van der Waals surface area contributed by atoms with E-state index in [1.54, 1.807) is 0 Å². The predicted molar refractivity (Wildman–Crippen MR) is 107 cm³/mol. The summed E-state index contributed by atoms with van der Waals surface area (Å²) >= 11 is 0. The summed E-state index contributed by atoms with van der Waals surface area (Å²) in [6, 6.07) is 11.0. The van der Waals surface area contributed by atoms with Crippen molar-refractivity contribution in [2.24, 2.45) is 11.8 Å². The van der Waals surface area contributed by atoms with E-state index in [1.807, 2.05) is 0 Å². The molecule has 1 aromatic rings. The first-order valence-corrected chi connectivity index (χ1v) is 10.6. The normalized spacial score (nSPS) is 32.5. The van der Waals surface area contributed by atoms with Gasteiger partial charge in [0.15, 0.2) is 0 Å². The average molecular weight is 342 g/mol. The molecule has 25 heavy (non-hydrogen) atoms. The average Bonchev–Trinajstić information content (AvgIpc) is 3.07. The number of hydrogen-bond acceptors (Lipinski definition) is 3. The van der Waals surface area contributed by atoms with Crippen molar-refractivity contribution in [2.45, 2.75) is 83.3 Å². The molecule has 138 valence electrons. The molecule has 2 aliphatic carbocycles. The van der Waals surface area contributed by atoms with E-state index in [0.29, 0.717) is 6.04 Å². The van der Waals surface area contributed by atoms with Crippen LogP contribution in [0, 0.1) is 11.8 Å². The number of nitrogens with zero attached hydrogens (tertiary/aromatic N) is 1. The summed E-state index contributed by atoms with van der Waals surface area (Å²) in [5.41, 5.74) is 2.72. The molecule has 4 rings (SSSR count). The van der Waals surface area contributed by atoms with E-state index >= 15 is 0 Å². The molecule has 1 aliphatic heterocycles. The van der Waals surface area contributed by atoms with Gasteiger partial charge < -0.3 is 15.5 Å². The fraction of sp³-hybridized carbons (Fsp3) is 0.727. The van der Waals surface area contributed by atoms with Crippen LogP contribution < -0.4 is 15.5 Å². The Hall–Kier alpha value is -1.22. The van der Waals surface area contributed by atoms with Crippen LogP contribution in [0.1, 0.15) is 65.2 Å². The highest BCUT2D eigenvalue weighted by atomic mass is 15.3. The molecule has 0 atom stereocenters. The number of anilines is 2. The molecule has 3 aliphatic rings. The molecule has 0 saturated heterocycles. The van der Waals surface area contributed by atoms with E-state index in [2.05, 4.69) is 53.6 Å². The summed E-state index contributed by atoms with van der Waals surface area (Å²) in [7, 11) is 0. The summed E-state index contributed by atoms with van der Waals surface area (Å²) in [4.78, 5) is 2.60. The van der Waals surface area contributed by atoms with E-state index in [4.69, 9.17) is 0 Å². The van der Waals surface area contributed by atoms with E-state index < -0.39 is 0 Å². The largest absolute Gasteiger partial charge is 0.366 e. The number of hydrogen-bond donors (Lipinski definition) is 2. The third-order valence-electron chi connectivity index (χ3n) is 6.98. The standard InChI is InChI=1S/C22H35N3/c1-16(2)17-7-9-18(10-8-17)24-19-11-13-20(14-12-19)25-15-23-21-5-3-4-6-22(21)25/h3-6,16-20,23-24H,7-15H2,1-2H3. The molecule has 2 N–H and O–H groups in total. The number of benzene rings is 1. The monoisotopic (exact) mass is 341 g/mol. The van der Waals surface area contributed by atoms with Crippen LogP contribution in [0.3, 0.4) is 0 Å². The van der Waals surface area contributed by atoms with E-state index in [1.165, 1.54) is 62.7 Å². The van der Waals surface area contributed by atoms with Crippen molar-refractivity contribution in [2.75, 3.05) is 16.9 Å². The van der Waals surface area contributed by atoms with Crippen LogP contribution in [-0.2, 0) is 0 Å². The maximum Gasteiger partial charge on any atom is 0.0880 e. The molecule has 0 unspecified atom stereocenters. The summed E-state index contributed by atoms with van der Waals surface area (Å²) in [5.74, 6) is 1.84. The zero-order chi connectivity index (χ0) is 17.2. The molecule has 3 heteroatoms. The molecule has 0 amide bonds. The first-order chi connectivity index (χ1) is 12.2. The van der Waals surface area contributed by atoms with Crippen molar-refractivity contribution in [3.8, 4) is 0 Å². The molecular weight excluding hydrogens is 306 g/mol. The number of fused-ring (bicyclic) bond motifs is 1. The van der Waals surface area contributed by atoms with Gasteiger partial charge in [-0.05, 0) is 75.3 Å². The van der Waals surface area contributed by atoms with Crippen LogP contribution >= 0.6 is 0 Å². The number of nitrogens with one attached hydrogen (secondary N) is 2. The zero-order valence-electron chi connectivity index (χ0n) is 16.0. The maximum absolute atomic E-state index is 4.01. The van der Waals surface area contributed by atoms with Gasteiger partial charge in [-0.2, -0.15) is 0 Å². The number of para-hydroxylation sites is 2. The van der Waals surface area contributed by atoms with Crippen molar-refractivity contribution in [3.05, 3.63) is 24.3 Å². The van der Waals surface area contributed by atoms with Crippen molar-refractivity contribution in [1.82, 2.24) is 5.32 Å². The minimum Gasteiger partial charge on any atom is -0.366 e. The molecular formula is C22H35N3. The second-order valence-corrected chi connectivity index (χ2v) is 8.85. The highest BCUT2D eigenvalue weighted by Gasteiger charge is 2.31. The lowest BCUT2D eigenvalue weighted by molar-refractivity contribution is 0.213.